The van der Waals surface area contributed by atoms with E-state index in [9.17, 15) is 9.59 Å². The van der Waals surface area contributed by atoms with E-state index < -0.39 is 0 Å². The number of carbonyl (C=O) groups is 2. The average molecular weight is 492 g/mol. The van der Waals surface area contributed by atoms with Gasteiger partial charge in [-0.15, -0.1) is 0 Å². The minimum absolute atomic E-state index is 0.0244. The lowest BCUT2D eigenvalue weighted by Crippen LogP contribution is -2.62. The van der Waals surface area contributed by atoms with Gasteiger partial charge in [0.05, 0.1) is 16.3 Å². The molecule has 4 aliphatic rings. The molecule has 2 aromatic rings. The Balaban J connectivity index is 1.22. The summed E-state index contributed by atoms with van der Waals surface area (Å²) in [6.07, 6.45) is 3.45. The van der Waals surface area contributed by atoms with E-state index in [1.54, 1.807) is 0 Å². The van der Waals surface area contributed by atoms with Crippen LogP contribution >= 0.6 is 11.8 Å². The minimum Gasteiger partial charge on any atom is -0.457 e. The Hall–Kier alpha value is -3.01. The standard InChI is InChI=1S/C26H29N5O3S/c27-15-6-7-16(14-15)29-24(32)23-22-21-20(12-13-28-25(21)35-23)31(26(33)30-22)17-8-10-19(11-9-17)34-18-4-2-1-3-5-18/h1-5,8-11,15-16,20-21,25,28H,6-7,12-14,27H2,(H,29,32)(H,30,33)/t15-,16+,20?,21?,25?/m1/s1. The van der Waals surface area contributed by atoms with Gasteiger partial charge in [-0.25, -0.2) is 4.79 Å². The predicted octanol–water partition coefficient (Wildman–Crippen LogP) is 3.27. The molecule has 0 aromatic heterocycles. The van der Waals surface area contributed by atoms with Crippen LogP contribution in [0.3, 0.4) is 0 Å². The fourth-order valence-corrected chi connectivity index (χ4v) is 7.02. The van der Waals surface area contributed by atoms with Gasteiger partial charge in [0, 0.05) is 29.4 Å². The number of nitrogens with two attached hydrogens (primary N) is 1. The molecule has 2 aromatic carbocycles. The van der Waals surface area contributed by atoms with Crippen LogP contribution in [0.1, 0.15) is 25.7 Å². The van der Waals surface area contributed by atoms with Crippen molar-refractivity contribution >= 4 is 29.4 Å². The van der Waals surface area contributed by atoms with Gasteiger partial charge >= 0.3 is 6.03 Å². The molecule has 0 bridgehead atoms. The molecule has 9 heteroatoms. The number of hydrogen-bond donors (Lipinski definition) is 4. The maximum atomic E-state index is 13.3. The van der Waals surface area contributed by atoms with Gasteiger partial charge in [-0.2, -0.15) is 0 Å². The van der Waals surface area contributed by atoms with Gasteiger partial charge in [0.25, 0.3) is 5.91 Å². The summed E-state index contributed by atoms with van der Waals surface area (Å²) >= 11 is 1.53. The highest BCUT2D eigenvalue weighted by molar-refractivity contribution is 8.04. The number of anilines is 1. The number of amides is 3. The molecular formula is C26H29N5O3S. The van der Waals surface area contributed by atoms with Gasteiger partial charge in [0.15, 0.2) is 0 Å². The molecule has 3 aliphatic heterocycles. The Morgan fingerprint density at radius 2 is 1.83 bits per heavy atom. The minimum atomic E-state index is -0.200. The van der Waals surface area contributed by atoms with Crippen molar-refractivity contribution in [1.29, 1.82) is 0 Å². The lowest BCUT2D eigenvalue weighted by molar-refractivity contribution is -0.117. The number of para-hydroxylation sites is 1. The van der Waals surface area contributed by atoms with E-state index in [-0.39, 0.29) is 41.4 Å². The van der Waals surface area contributed by atoms with Crippen LogP contribution in [0.25, 0.3) is 0 Å². The third kappa shape index (κ3) is 4.28. The Labute approximate surface area is 208 Å². The number of urea groups is 1. The van der Waals surface area contributed by atoms with Crippen molar-refractivity contribution in [1.82, 2.24) is 16.0 Å². The third-order valence-electron chi connectivity index (χ3n) is 7.25. The van der Waals surface area contributed by atoms with Gasteiger partial charge < -0.3 is 26.4 Å². The highest BCUT2D eigenvalue weighted by Gasteiger charge is 2.51. The molecule has 35 heavy (non-hydrogen) atoms. The molecule has 8 nitrogen and oxygen atoms in total. The summed E-state index contributed by atoms with van der Waals surface area (Å²) in [5, 5.41) is 9.80. The Morgan fingerprint density at radius 3 is 2.57 bits per heavy atom. The number of rotatable bonds is 5. The monoisotopic (exact) mass is 491 g/mol. The summed E-state index contributed by atoms with van der Waals surface area (Å²) in [4.78, 5) is 29.0. The quantitative estimate of drug-likeness (QED) is 0.511. The highest BCUT2D eigenvalue weighted by Crippen LogP contribution is 2.48. The molecule has 1 saturated carbocycles. The lowest BCUT2D eigenvalue weighted by Gasteiger charge is -2.45. The number of carbonyl (C=O) groups excluding carboxylic acids is 2. The second kappa shape index (κ2) is 9.22. The summed E-state index contributed by atoms with van der Waals surface area (Å²) in [6, 6.07) is 17.2. The molecule has 6 rings (SSSR count). The van der Waals surface area contributed by atoms with Crippen molar-refractivity contribution in [2.24, 2.45) is 11.7 Å². The van der Waals surface area contributed by atoms with Crippen LogP contribution in [0.15, 0.2) is 65.2 Å². The van der Waals surface area contributed by atoms with Crippen LogP contribution in [0.4, 0.5) is 10.5 Å². The average Bonchev–Trinajstić information content (AvgIpc) is 3.44. The van der Waals surface area contributed by atoms with Gasteiger partial charge in [0.1, 0.15) is 11.5 Å². The fraction of sp³-hybridized carbons (Fsp3) is 0.385. The summed E-state index contributed by atoms with van der Waals surface area (Å²) in [7, 11) is 0. The summed E-state index contributed by atoms with van der Waals surface area (Å²) in [5.41, 5.74) is 7.59. The second-order valence-electron chi connectivity index (χ2n) is 9.57. The number of thioether (sulfide) groups is 1. The number of benzene rings is 2. The molecule has 0 radical (unpaired) electrons. The van der Waals surface area contributed by atoms with Gasteiger partial charge in [0.2, 0.25) is 0 Å². The SMILES string of the molecule is N[C@@H]1CC[C@H](NC(=O)C2=C3NC(=O)N(c4ccc(Oc5ccccc5)cc4)C4CCNC(S2)C34)C1. The Morgan fingerprint density at radius 1 is 1.06 bits per heavy atom. The first-order valence-corrected chi connectivity index (χ1v) is 13.1. The molecule has 5 atom stereocenters. The molecule has 1 aliphatic carbocycles. The molecule has 182 valence electrons. The van der Waals surface area contributed by atoms with E-state index in [0.717, 1.165) is 49.4 Å². The van der Waals surface area contributed by atoms with Crippen molar-refractivity contribution in [2.45, 2.75) is 49.2 Å². The normalized spacial score (nSPS) is 29.6. The van der Waals surface area contributed by atoms with Gasteiger partial charge in [-0.3, -0.25) is 9.69 Å². The summed E-state index contributed by atoms with van der Waals surface area (Å²) < 4.78 is 5.91. The topological polar surface area (TPSA) is 109 Å². The van der Waals surface area contributed by atoms with Gasteiger partial charge in [-0.05, 0) is 68.6 Å². The maximum Gasteiger partial charge on any atom is 0.326 e. The number of nitrogens with one attached hydrogen (secondary N) is 3. The van der Waals surface area contributed by atoms with E-state index in [1.807, 2.05) is 59.5 Å². The van der Waals surface area contributed by atoms with Crippen molar-refractivity contribution < 1.29 is 14.3 Å². The van der Waals surface area contributed by atoms with Crippen molar-refractivity contribution in [3.8, 4) is 11.5 Å². The first-order valence-electron chi connectivity index (χ1n) is 12.2. The Kier molecular flexibility index (Phi) is 5.91. The summed E-state index contributed by atoms with van der Waals surface area (Å²) in [6.45, 7) is 0.789. The van der Waals surface area contributed by atoms with E-state index in [1.165, 1.54) is 11.8 Å². The molecule has 3 amide bonds. The van der Waals surface area contributed by atoms with E-state index in [4.69, 9.17) is 10.5 Å². The maximum absolute atomic E-state index is 13.3. The molecule has 2 saturated heterocycles. The molecule has 3 unspecified atom stereocenters. The fourth-order valence-electron chi connectivity index (χ4n) is 5.62. The Bertz CT molecular complexity index is 1160. The van der Waals surface area contributed by atoms with Crippen LogP contribution in [0, 0.1) is 5.92 Å². The summed E-state index contributed by atoms with van der Waals surface area (Å²) in [5.74, 6) is 1.40. The van der Waals surface area contributed by atoms with Crippen LogP contribution in [-0.4, -0.2) is 42.0 Å². The van der Waals surface area contributed by atoms with E-state index in [2.05, 4.69) is 16.0 Å². The zero-order chi connectivity index (χ0) is 23.9. The number of piperidine rings is 1. The molecule has 3 fully saturated rings. The second-order valence-corrected chi connectivity index (χ2v) is 10.7. The molecule has 5 N–H and O–H groups in total. The molecular weight excluding hydrogens is 462 g/mol. The lowest BCUT2D eigenvalue weighted by atomic mass is 9.86. The van der Waals surface area contributed by atoms with Gasteiger partial charge in [-0.1, -0.05) is 30.0 Å². The first kappa shape index (κ1) is 22.5. The molecule has 3 heterocycles. The number of nitrogens with zero attached hydrogens (tertiary/aromatic N) is 1. The van der Waals surface area contributed by atoms with Crippen molar-refractivity contribution in [3.63, 3.8) is 0 Å². The van der Waals surface area contributed by atoms with Crippen LogP contribution in [-0.2, 0) is 4.79 Å². The first-order chi connectivity index (χ1) is 17.1. The van der Waals surface area contributed by atoms with E-state index >= 15 is 0 Å². The van der Waals surface area contributed by atoms with Crippen LogP contribution in [0.5, 0.6) is 11.5 Å². The zero-order valence-electron chi connectivity index (χ0n) is 19.3. The van der Waals surface area contributed by atoms with Crippen molar-refractivity contribution in [2.75, 3.05) is 11.4 Å². The van der Waals surface area contributed by atoms with Crippen LogP contribution < -0.4 is 31.3 Å². The van der Waals surface area contributed by atoms with Crippen molar-refractivity contribution in [3.05, 3.63) is 65.2 Å². The largest absolute Gasteiger partial charge is 0.457 e. The molecule has 0 spiro atoms. The third-order valence-corrected chi connectivity index (χ3v) is 8.60. The predicted molar refractivity (Wildman–Crippen MR) is 136 cm³/mol. The van der Waals surface area contributed by atoms with Crippen LogP contribution in [0.2, 0.25) is 0 Å². The number of ether oxygens (including phenoxy) is 1. The zero-order valence-corrected chi connectivity index (χ0v) is 20.1. The smallest absolute Gasteiger partial charge is 0.326 e. The highest BCUT2D eigenvalue weighted by atomic mass is 32.2. The van der Waals surface area contributed by atoms with E-state index in [0.29, 0.717) is 10.7 Å². The number of hydrogen-bond acceptors (Lipinski definition) is 6.